The molecule has 0 aliphatic carbocycles. The first-order valence-corrected chi connectivity index (χ1v) is 9.70. The Morgan fingerprint density at radius 1 is 0.517 bits per heavy atom. The van der Waals surface area contributed by atoms with Gasteiger partial charge in [-0.1, -0.05) is 97.1 Å². The number of rotatable bonds is 3. The summed E-state index contributed by atoms with van der Waals surface area (Å²) in [5.74, 6) is 0.210. The lowest BCUT2D eigenvalue weighted by Gasteiger charge is -2.20. The summed E-state index contributed by atoms with van der Waals surface area (Å²) in [6.07, 6.45) is -0.797. The highest BCUT2D eigenvalue weighted by molar-refractivity contribution is 6.08. The lowest BCUT2D eigenvalue weighted by molar-refractivity contribution is 0.221. The Morgan fingerprint density at radius 3 is 1.76 bits per heavy atom. The Bertz CT molecular complexity index is 1320. The predicted molar refractivity (Wildman–Crippen MR) is 119 cm³/mol. The second-order valence-corrected chi connectivity index (χ2v) is 7.24. The third kappa shape index (κ3) is 2.95. The lowest BCUT2D eigenvalue weighted by Crippen LogP contribution is -2.03. The Balaban J connectivity index is 1.89. The second-order valence-electron chi connectivity index (χ2n) is 7.24. The van der Waals surface area contributed by atoms with Crippen LogP contribution in [0.25, 0.3) is 32.7 Å². The van der Waals surface area contributed by atoms with Gasteiger partial charge in [-0.05, 0) is 44.3 Å². The standard InChI is InChI=1S/C27H20O2/c28-24-17-15-19-9-5-7-13-22(19)26(24)25-21-12-6-4-8-18(21)14-16-23(25)27(29)20-10-2-1-3-11-20/h1-17,27-29H/t27-/m1/s1. The van der Waals surface area contributed by atoms with Gasteiger partial charge in [0, 0.05) is 5.56 Å². The van der Waals surface area contributed by atoms with Crippen LogP contribution in [0.1, 0.15) is 17.2 Å². The Kier molecular flexibility index (Phi) is 4.27. The smallest absolute Gasteiger partial charge is 0.124 e. The van der Waals surface area contributed by atoms with Crippen LogP contribution in [0, 0.1) is 0 Å². The van der Waals surface area contributed by atoms with Gasteiger partial charge in [0.2, 0.25) is 0 Å². The zero-order chi connectivity index (χ0) is 19.8. The molecule has 0 saturated carbocycles. The van der Waals surface area contributed by atoms with E-state index < -0.39 is 6.10 Å². The molecule has 0 bridgehead atoms. The Hall–Kier alpha value is -3.62. The molecule has 0 amide bonds. The molecular weight excluding hydrogens is 356 g/mol. The van der Waals surface area contributed by atoms with Crippen LogP contribution < -0.4 is 0 Å². The quantitative estimate of drug-likeness (QED) is 0.380. The van der Waals surface area contributed by atoms with Crippen LogP contribution >= 0.6 is 0 Å². The highest BCUT2D eigenvalue weighted by atomic mass is 16.3. The molecule has 0 spiro atoms. The van der Waals surface area contributed by atoms with Gasteiger partial charge >= 0.3 is 0 Å². The van der Waals surface area contributed by atoms with Gasteiger partial charge in [0.15, 0.2) is 0 Å². The van der Waals surface area contributed by atoms with E-state index in [4.69, 9.17) is 0 Å². The number of hydrogen-bond acceptors (Lipinski definition) is 2. The highest BCUT2D eigenvalue weighted by Gasteiger charge is 2.21. The van der Waals surface area contributed by atoms with Crippen molar-refractivity contribution in [3.63, 3.8) is 0 Å². The van der Waals surface area contributed by atoms with Gasteiger partial charge in [-0.3, -0.25) is 0 Å². The maximum Gasteiger partial charge on any atom is 0.124 e. The summed E-state index contributed by atoms with van der Waals surface area (Å²) < 4.78 is 0. The van der Waals surface area contributed by atoms with Gasteiger partial charge in [-0.25, -0.2) is 0 Å². The molecule has 0 aliphatic heterocycles. The molecule has 0 unspecified atom stereocenters. The summed E-state index contributed by atoms with van der Waals surface area (Å²) in [5, 5.41) is 26.3. The molecule has 2 N–H and O–H groups in total. The third-order valence-corrected chi connectivity index (χ3v) is 5.53. The average molecular weight is 376 g/mol. The first kappa shape index (κ1) is 17.5. The molecule has 0 heterocycles. The summed E-state index contributed by atoms with van der Waals surface area (Å²) in [6, 6.07) is 33.4. The van der Waals surface area contributed by atoms with Crippen LogP contribution in [0.15, 0.2) is 103 Å². The summed E-state index contributed by atoms with van der Waals surface area (Å²) in [6.45, 7) is 0. The van der Waals surface area contributed by atoms with Crippen LogP contribution in [0.4, 0.5) is 0 Å². The van der Waals surface area contributed by atoms with Crippen LogP contribution in [-0.2, 0) is 0 Å². The zero-order valence-electron chi connectivity index (χ0n) is 15.8. The molecular formula is C27H20O2. The second kappa shape index (κ2) is 7.08. The van der Waals surface area contributed by atoms with Gasteiger partial charge in [-0.15, -0.1) is 0 Å². The maximum absolute atomic E-state index is 11.3. The SMILES string of the molecule is Oc1ccc2ccccc2c1-c1c([C@H](O)c2ccccc2)ccc2ccccc12. The van der Waals surface area contributed by atoms with Crippen LogP contribution in [0.5, 0.6) is 5.75 Å². The summed E-state index contributed by atoms with van der Waals surface area (Å²) in [4.78, 5) is 0. The van der Waals surface area contributed by atoms with Gasteiger partial charge in [0.1, 0.15) is 11.9 Å². The summed E-state index contributed by atoms with van der Waals surface area (Å²) in [5.41, 5.74) is 3.23. The number of aliphatic hydroxyl groups excluding tert-OH is 1. The van der Waals surface area contributed by atoms with E-state index in [2.05, 4.69) is 6.07 Å². The fraction of sp³-hybridized carbons (Fsp3) is 0.0370. The molecule has 5 aromatic rings. The van der Waals surface area contributed by atoms with Crippen molar-refractivity contribution in [3.8, 4) is 16.9 Å². The molecule has 0 aliphatic rings. The van der Waals surface area contributed by atoms with Crippen LogP contribution in [0.3, 0.4) is 0 Å². The Labute approximate surface area is 169 Å². The van der Waals surface area contributed by atoms with Gasteiger partial charge in [0.05, 0.1) is 0 Å². The number of benzene rings is 5. The molecule has 0 aromatic heterocycles. The number of phenolic OH excluding ortho intramolecular Hbond substituents is 1. The molecule has 0 radical (unpaired) electrons. The van der Waals surface area contributed by atoms with E-state index in [1.807, 2.05) is 91.0 Å². The monoisotopic (exact) mass is 376 g/mol. The first-order chi connectivity index (χ1) is 14.2. The number of phenols is 1. The predicted octanol–water partition coefficient (Wildman–Crippen LogP) is 6.45. The molecule has 2 nitrogen and oxygen atoms in total. The van der Waals surface area contributed by atoms with Crippen molar-refractivity contribution < 1.29 is 10.2 Å². The normalized spacial score (nSPS) is 12.3. The van der Waals surface area contributed by atoms with Crippen molar-refractivity contribution in [2.75, 3.05) is 0 Å². The van der Waals surface area contributed by atoms with Gasteiger partial charge < -0.3 is 10.2 Å². The van der Waals surface area contributed by atoms with E-state index in [-0.39, 0.29) is 5.75 Å². The van der Waals surface area contributed by atoms with Crippen molar-refractivity contribution in [3.05, 3.63) is 114 Å². The van der Waals surface area contributed by atoms with E-state index in [1.165, 1.54) is 0 Å². The third-order valence-electron chi connectivity index (χ3n) is 5.53. The number of aromatic hydroxyl groups is 1. The van der Waals surface area contributed by atoms with E-state index >= 15 is 0 Å². The fourth-order valence-electron chi connectivity index (χ4n) is 4.13. The minimum absolute atomic E-state index is 0.210. The van der Waals surface area contributed by atoms with E-state index in [1.54, 1.807) is 6.07 Å². The van der Waals surface area contributed by atoms with E-state index in [0.29, 0.717) is 0 Å². The van der Waals surface area contributed by atoms with Crippen molar-refractivity contribution in [2.45, 2.75) is 6.10 Å². The molecule has 5 rings (SSSR count). The fourth-order valence-corrected chi connectivity index (χ4v) is 4.13. The number of hydrogen-bond donors (Lipinski definition) is 2. The summed E-state index contributed by atoms with van der Waals surface area (Å²) in [7, 11) is 0. The van der Waals surface area contributed by atoms with Gasteiger partial charge in [0.25, 0.3) is 0 Å². The molecule has 140 valence electrons. The van der Waals surface area contributed by atoms with Crippen molar-refractivity contribution in [2.24, 2.45) is 0 Å². The first-order valence-electron chi connectivity index (χ1n) is 9.70. The Morgan fingerprint density at radius 2 is 1.07 bits per heavy atom. The number of aliphatic hydroxyl groups is 1. The topological polar surface area (TPSA) is 40.5 Å². The van der Waals surface area contributed by atoms with Crippen molar-refractivity contribution in [1.29, 1.82) is 0 Å². The van der Waals surface area contributed by atoms with Gasteiger partial charge in [-0.2, -0.15) is 0 Å². The molecule has 0 fully saturated rings. The minimum Gasteiger partial charge on any atom is -0.507 e. The average Bonchev–Trinajstić information content (AvgIpc) is 2.79. The molecule has 0 saturated heterocycles. The van der Waals surface area contributed by atoms with Crippen molar-refractivity contribution in [1.82, 2.24) is 0 Å². The van der Waals surface area contributed by atoms with Crippen molar-refractivity contribution >= 4 is 21.5 Å². The summed E-state index contributed by atoms with van der Waals surface area (Å²) >= 11 is 0. The molecule has 29 heavy (non-hydrogen) atoms. The van der Waals surface area contributed by atoms with E-state index in [0.717, 1.165) is 43.8 Å². The van der Waals surface area contributed by atoms with Crippen LogP contribution in [0.2, 0.25) is 0 Å². The maximum atomic E-state index is 11.3. The number of fused-ring (bicyclic) bond motifs is 2. The van der Waals surface area contributed by atoms with Crippen LogP contribution in [-0.4, -0.2) is 10.2 Å². The minimum atomic E-state index is -0.797. The molecule has 2 heteroatoms. The molecule has 5 aromatic carbocycles. The largest absolute Gasteiger partial charge is 0.507 e. The zero-order valence-corrected chi connectivity index (χ0v) is 15.8. The lowest BCUT2D eigenvalue weighted by atomic mass is 9.86. The molecule has 1 atom stereocenters. The van der Waals surface area contributed by atoms with E-state index in [9.17, 15) is 10.2 Å². The highest BCUT2D eigenvalue weighted by Crippen LogP contribution is 2.44.